The van der Waals surface area contributed by atoms with Crippen LogP contribution in [0.25, 0.3) is 11.0 Å². The lowest BCUT2D eigenvalue weighted by atomic mass is 9.88. The highest BCUT2D eigenvalue weighted by atomic mass is 16.6. The lowest BCUT2D eigenvalue weighted by molar-refractivity contribution is -0.127. The zero-order chi connectivity index (χ0) is 34.8. The number of anilines is 1. The summed E-state index contributed by atoms with van der Waals surface area (Å²) < 4.78 is 10.8. The molecule has 0 saturated heterocycles. The van der Waals surface area contributed by atoms with Gasteiger partial charge in [0.05, 0.1) is 29.0 Å². The molecule has 0 aliphatic rings. The molecule has 0 aliphatic heterocycles. The van der Waals surface area contributed by atoms with Crippen LogP contribution in [0, 0.1) is 11.8 Å². The van der Waals surface area contributed by atoms with Gasteiger partial charge in [-0.2, -0.15) is 0 Å². The van der Waals surface area contributed by atoms with Gasteiger partial charge in [-0.05, 0) is 96.0 Å². The summed E-state index contributed by atoms with van der Waals surface area (Å²) >= 11 is 0. The monoisotopic (exact) mass is 647 g/mol. The van der Waals surface area contributed by atoms with Crippen molar-refractivity contribution in [3.63, 3.8) is 0 Å². The number of aromatic nitrogens is 2. The van der Waals surface area contributed by atoms with E-state index in [2.05, 4.69) is 25.9 Å². The summed E-state index contributed by atoms with van der Waals surface area (Å²) in [5, 5.41) is 8.45. The second-order valence-electron chi connectivity index (χ2n) is 14.1. The first-order valence-corrected chi connectivity index (χ1v) is 16.1. The van der Waals surface area contributed by atoms with Gasteiger partial charge in [0.25, 0.3) is 0 Å². The fourth-order valence-corrected chi connectivity index (χ4v) is 4.95. The van der Waals surface area contributed by atoms with Gasteiger partial charge in [0, 0.05) is 25.1 Å². The van der Waals surface area contributed by atoms with Crippen molar-refractivity contribution in [2.75, 3.05) is 5.32 Å². The molecule has 2 atom stereocenters. The van der Waals surface area contributed by atoms with E-state index in [0.29, 0.717) is 36.0 Å². The fraction of sp³-hybridized carbons (Fsp3) is 0.500. The summed E-state index contributed by atoms with van der Waals surface area (Å²) in [7, 11) is 0. The van der Waals surface area contributed by atoms with Crippen LogP contribution in [0.1, 0.15) is 85.8 Å². The standard InChI is InChI=1S/C36H49N5O6/c1-23(2)18-30(41-34(45)47-36(6,7)8)31(42)19-25(32(43)40-27-20-29-28(38-22-27)14-11-17-37-29)16-15-24-12-9-10-13-26(24)21-39-33(44)46-35(3,4)5/h9-14,17,20,22-23,25,30H,15-16,18-19,21H2,1-8H3,(H,39,44)(H,40,43)(H,41,45)/t25-,30-/m0/s1. The number of alkyl carbamates (subject to hydrolysis) is 2. The molecule has 0 bridgehead atoms. The van der Waals surface area contributed by atoms with E-state index in [1.165, 1.54) is 0 Å². The molecular formula is C36H49N5O6. The summed E-state index contributed by atoms with van der Waals surface area (Å²) in [5.74, 6) is -1.24. The Balaban J connectivity index is 1.82. The number of amides is 3. The third-order valence-corrected chi connectivity index (χ3v) is 7.03. The summed E-state index contributed by atoms with van der Waals surface area (Å²) in [5.41, 5.74) is 2.23. The molecule has 11 nitrogen and oxygen atoms in total. The number of pyridine rings is 2. The van der Waals surface area contributed by atoms with Gasteiger partial charge >= 0.3 is 12.2 Å². The van der Waals surface area contributed by atoms with E-state index < -0.39 is 35.3 Å². The number of carbonyl (C=O) groups is 4. The van der Waals surface area contributed by atoms with Gasteiger partial charge in [0.15, 0.2) is 5.78 Å². The molecule has 0 aliphatic carbocycles. The molecule has 47 heavy (non-hydrogen) atoms. The lowest BCUT2D eigenvalue weighted by Gasteiger charge is -2.25. The number of ether oxygens (including phenoxy) is 2. The number of ketones is 1. The molecule has 3 amide bonds. The van der Waals surface area contributed by atoms with Crippen molar-refractivity contribution in [1.82, 2.24) is 20.6 Å². The molecule has 0 unspecified atom stereocenters. The normalized spacial score (nSPS) is 13.0. The Kier molecular flexibility index (Phi) is 12.8. The maximum Gasteiger partial charge on any atom is 0.408 e. The third-order valence-electron chi connectivity index (χ3n) is 7.03. The highest BCUT2D eigenvalue weighted by molar-refractivity contribution is 5.97. The molecule has 0 saturated carbocycles. The molecular weight excluding hydrogens is 598 g/mol. The highest BCUT2D eigenvalue weighted by Crippen LogP contribution is 2.23. The minimum Gasteiger partial charge on any atom is -0.444 e. The van der Waals surface area contributed by atoms with Crippen molar-refractivity contribution in [3.05, 3.63) is 66.0 Å². The molecule has 0 fully saturated rings. The van der Waals surface area contributed by atoms with E-state index in [4.69, 9.17) is 9.47 Å². The minimum atomic E-state index is -0.822. The van der Waals surface area contributed by atoms with Crippen molar-refractivity contribution in [1.29, 1.82) is 0 Å². The second-order valence-corrected chi connectivity index (χ2v) is 14.1. The topological polar surface area (TPSA) is 149 Å². The number of rotatable bonds is 13. The smallest absolute Gasteiger partial charge is 0.408 e. The van der Waals surface area contributed by atoms with E-state index in [-0.39, 0.29) is 30.6 Å². The number of carbonyl (C=O) groups excluding carboxylic acids is 4. The van der Waals surface area contributed by atoms with Crippen molar-refractivity contribution < 1.29 is 28.7 Å². The quantitative estimate of drug-likeness (QED) is 0.185. The van der Waals surface area contributed by atoms with Crippen molar-refractivity contribution in [2.24, 2.45) is 11.8 Å². The summed E-state index contributed by atoms with van der Waals surface area (Å²) in [4.78, 5) is 61.2. The van der Waals surface area contributed by atoms with E-state index >= 15 is 0 Å². The van der Waals surface area contributed by atoms with E-state index in [0.717, 1.165) is 11.1 Å². The van der Waals surface area contributed by atoms with Crippen LogP contribution in [0.15, 0.2) is 54.9 Å². The van der Waals surface area contributed by atoms with Gasteiger partial charge in [0.1, 0.15) is 11.2 Å². The Bertz CT molecular complexity index is 1540. The highest BCUT2D eigenvalue weighted by Gasteiger charge is 2.30. The zero-order valence-electron chi connectivity index (χ0n) is 28.8. The Hall–Kier alpha value is -4.54. The zero-order valence-corrected chi connectivity index (χ0v) is 28.8. The molecule has 0 radical (unpaired) electrons. The average molecular weight is 648 g/mol. The number of fused-ring (bicyclic) bond motifs is 1. The maximum absolute atomic E-state index is 13.8. The Morgan fingerprint density at radius 1 is 0.830 bits per heavy atom. The van der Waals surface area contributed by atoms with Gasteiger partial charge in [-0.1, -0.05) is 38.1 Å². The summed E-state index contributed by atoms with van der Waals surface area (Å²) in [6.45, 7) is 14.8. The van der Waals surface area contributed by atoms with Crippen LogP contribution in [0.3, 0.4) is 0 Å². The second kappa shape index (κ2) is 16.3. The first-order valence-electron chi connectivity index (χ1n) is 16.1. The number of nitrogens with one attached hydrogen (secondary N) is 3. The number of nitrogens with zero attached hydrogens (tertiary/aromatic N) is 2. The molecule has 254 valence electrons. The van der Waals surface area contributed by atoms with E-state index in [1.54, 1.807) is 66.1 Å². The first-order chi connectivity index (χ1) is 22.0. The van der Waals surface area contributed by atoms with Crippen LogP contribution >= 0.6 is 0 Å². The van der Waals surface area contributed by atoms with Crippen LogP contribution in [-0.4, -0.2) is 51.1 Å². The first kappa shape index (κ1) is 36.9. The molecule has 2 heterocycles. The number of Topliss-reactive ketones (excluding diaryl/α,β-unsaturated/α-hetero) is 1. The van der Waals surface area contributed by atoms with Gasteiger partial charge in [0.2, 0.25) is 5.91 Å². The molecule has 0 spiro atoms. The molecule has 2 aromatic heterocycles. The Morgan fingerprint density at radius 3 is 2.15 bits per heavy atom. The van der Waals surface area contributed by atoms with E-state index in [1.807, 2.05) is 44.2 Å². The lowest BCUT2D eigenvalue weighted by Crippen LogP contribution is -2.45. The van der Waals surface area contributed by atoms with Crippen LogP contribution in [-0.2, 0) is 32.0 Å². The average Bonchev–Trinajstić information content (AvgIpc) is 2.96. The van der Waals surface area contributed by atoms with Crippen molar-refractivity contribution in [3.8, 4) is 0 Å². The summed E-state index contributed by atoms with van der Waals surface area (Å²) in [6.07, 6.45) is 3.09. The Morgan fingerprint density at radius 2 is 1.49 bits per heavy atom. The molecule has 3 rings (SSSR count). The molecule has 3 N–H and O–H groups in total. The van der Waals surface area contributed by atoms with Gasteiger partial charge in [-0.15, -0.1) is 0 Å². The van der Waals surface area contributed by atoms with Gasteiger partial charge < -0.3 is 25.4 Å². The van der Waals surface area contributed by atoms with E-state index in [9.17, 15) is 19.2 Å². The summed E-state index contributed by atoms with van der Waals surface area (Å²) in [6, 6.07) is 12.1. The van der Waals surface area contributed by atoms with Crippen LogP contribution in [0.5, 0.6) is 0 Å². The van der Waals surface area contributed by atoms with Crippen LogP contribution < -0.4 is 16.0 Å². The van der Waals surface area contributed by atoms with Crippen molar-refractivity contribution in [2.45, 2.75) is 105 Å². The number of aryl methyl sites for hydroxylation is 1. The largest absolute Gasteiger partial charge is 0.444 e. The molecule has 3 aromatic rings. The third kappa shape index (κ3) is 13.0. The predicted molar refractivity (Wildman–Crippen MR) is 182 cm³/mol. The van der Waals surface area contributed by atoms with Crippen LogP contribution in [0.4, 0.5) is 15.3 Å². The molecule has 1 aromatic carbocycles. The number of hydrogen-bond acceptors (Lipinski definition) is 8. The fourth-order valence-electron chi connectivity index (χ4n) is 4.95. The predicted octanol–water partition coefficient (Wildman–Crippen LogP) is 6.74. The molecule has 11 heteroatoms. The van der Waals surface area contributed by atoms with Crippen molar-refractivity contribution >= 4 is 40.6 Å². The maximum atomic E-state index is 13.8. The number of hydrogen-bond donors (Lipinski definition) is 3. The number of benzene rings is 1. The van der Waals surface area contributed by atoms with Crippen LogP contribution in [0.2, 0.25) is 0 Å². The minimum absolute atomic E-state index is 0.101. The van der Waals surface area contributed by atoms with Gasteiger partial charge in [-0.3, -0.25) is 19.6 Å². The SMILES string of the molecule is CC(C)C[C@H](NC(=O)OC(C)(C)C)C(=O)C[C@H](CCc1ccccc1CNC(=O)OC(C)(C)C)C(=O)Nc1cnc2cccnc2c1. The van der Waals surface area contributed by atoms with Gasteiger partial charge in [-0.25, -0.2) is 9.59 Å². The Labute approximate surface area is 277 Å².